The topological polar surface area (TPSA) is 57.7 Å². The Morgan fingerprint density at radius 3 is 2.13 bits per heavy atom. The van der Waals surface area contributed by atoms with Gasteiger partial charge in [-0.2, -0.15) is 13.2 Å². The van der Waals surface area contributed by atoms with E-state index in [1.807, 2.05) is 36.4 Å². The highest BCUT2D eigenvalue weighted by Crippen LogP contribution is 2.44. The molecule has 4 aromatic rings. The normalized spacial score (nSPS) is 15.0. The van der Waals surface area contributed by atoms with Crippen LogP contribution in [0.4, 0.5) is 13.2 Å². The van der Waals surface area contributed by atoms with Crippen molar-refractivity contribution in [1.29, 1.82) is 0 Å². The van der Waals surface area contributed by atoms with Crippen molar-refractivity contribution in [3.8, 4) is 11.5 Å². The van der Waals surface area contributed by atoms with Crippen molar-refractivity contribution >= 4 is 28.0 Å². The summed E-state index contributed by atoms with van der Waals surface area (Å²) in [4.78, 5) is 17.5. The molecule has 0 aliphatic carbocycles. The lowest BCUT2D eigenvalue weighted by molar-refractivity contribution is -0.153. The Bertz CT molecular complexity index is 1510. The maximum absolute atomic E-state index is 12.9. The molecule has 1 aliphatic heterocycles. The van der Waals surface area contributed by atoms with Gasteiger partial charge in [0.2, 0.25) is 0 Å². The van der Waals surface area contributed by atoms with E-state index in [0.29, 0.717) is 28.0 Å². The zero-order valence-corrected chi connectivity index (χ0v) is 20.7. The van der Waals surface area contributed by atoms with Gasteiger partial charge in [0.25, 0.3) is 0 Å². The number of aromatic nitrogens is 1. The molecule has 0 saturated carbocycles. The Labute approximate surface area is 217 Å². The lowest BCUT2D eigenvalue weighted by atomic mass is 9.87. The molecule has 0 radical (unpaired) electrons. The summed E-state index contributed by atoms with van der Waals surface area (Å²) in [5.41, 5.74) is 3.08. The highest BCUT2D eigenvalue weighted by atomic mass is 19.4. The molecule has 0 N–H and O–H groups in total. The number of benzene rings is 3. The Morgan fingerprint density at radius 1 is 0.816 bits per heavy atom. The molecule has 5 rings (SSSR count). The number of hydrogen-bond donors (Lipinski definition) is 0. The van der Waals surface area contributed by atoms with E-state index in [1.165, 1.54) is 12.1 Å². The zero-order valence-electron chi connectivity index (χ0n) is 20.7. The third-order valence-electron chi connectivity index (χ3n) is 6.14. The monoisotopic (exact) mass is 519 g/mol. The molecular formula is C30H24F3NO4. The number of alkyl halides is 3. The van der Waals surface area contributed by atoms with Crippen molar-refractivity contribution in [2.45, 2.75) is 32.2 Å². The van der Waals surface area contributed by atoms with Crippen LogP contribution in [0.5, 0.6) is 11.5 Å². The Balaban J connectivity index is 1.36. The van der Waals surface area contributed by atoms with Gasteiger partial charge in [-0.05, 0) is 61.4 Å². The average molecular weight is 520 g/mol. The van der Waals surface area contributed by atoms with Gasteiger partial charge in [-0.25, -0.2) is 9.78 Å². The van der Waals surface area contributed by atoms with Crippen molar-refractivity contribution in [2.75, 3.05) is 6.61 Å². The van der Waals surface area contributed by atoms with Gasteiger partial charge in [-0.1, -0.05) is 48.5 Å². The van der Waals surface area contributed by atoms with Crippen LogP contribution in [0.3, 0.4) is 0 Å². The second kappa shape index (κ2) is 9.85. The van der Waals surface area contributed by atoms with Gasteiger partial charge in [0.05, 0.1) is 16.8 Å². The number of ether oxygens (including phenoxy) is 3. The smallest absolute Gasteiger partial charge is 0.422 e. The SMILES string of the molecule is CC1(C)OC(=O)C(c2ccc(OCc3ccc4ccccc4n3)cc2)=C1c1ccc(OCC(F)(F)F)cc1. The Morgan fingerprint density at radius 2 is 1.45 bits per heavy atom. The third kappa shape index (κ3) is 5.49. The first-order valence-electron chi connectivity index (χ1n) is 12.0. The van der Waals surface area contributed by atoms with Gasteiger partial charge in [-0.15, -0.1) is 0 Å². The molecule has 1 aromatic heterocycles. The molecule has 0 unspecified atom stereocenters. The van der Waals surface area contributed by atoms with E-state index >= 15 is 0 Å². The number of nitrogens with zero attached hydrogens (tertiary/aromatic N) is 1. The molecule has 0 bridgehead atoms. The van der Waals surface area contributed by atoms with Crippen LogP contribution in [0.25, 0.3) is 22.0 Å². The quantitative estimate of drug-likeness (QED) is 0.246. The number of para-hydroxylation sites is 1. The third-order valence-corrected chi connectivity index (χ3v) is 6.14. The molecule has 38 heavy (non-hydrogen) atoms. The largest absolute Gasteiger partial charge is 0.487 e. The number of hydrogen-bond acceptors (Lipinski definition) is 5. The van der Waals surface area contributed by atoms with Crippen LogP contribution in [-0.4, -0.2) is 29.3 Å². The lowest BCUT2D eigenvalue weighted by Gasteiger charge is -2.22. The summed E-state index contributed by atoms with van der Waals surface area (Å²) < 4.78 is 53.8. The van der Waals surface area contributed by atoms with Crippen LogP contribution in [0.2, 0.25) is 0 Å². The van der Waals surface area contributed by atoms with Gasteiger partial charge in [-0.3, -0.25) is 0 Å². The standard InChI is InChI=1S/C30H24F3NO4/c1-29(2)27(21-10-15-24(16-11-21)37-18-30(31,32)33)26(28(35)38-29)20-8-13-23(14-9-20)36-17-22-12-7-19-5-3-4-6-25(19)34-22/h3-16H,17-18H2,1-2H3. The highest BCUT2D eigenvalue weighted by Gasteiger charge is 2.41. The second-order valence-corrected chi connectivity index (χ2v) is 9.39. The van der Waals surface area contributed by atoms with Crippen LogP contribution in [0.15, 0.2) is 84.9 Å². The van der Waals surface area contributed by atoms with Gasteiger partial charge < -0.3 is 14.2 Å². The minimum atomic E-state index is -4.43. The predicted molar refractivity (Wildman–Crippen MR) is 137 cm³/mol. The summed E-state index contributed by atoms with van der Waals surface area (Å²) in [5.74, 6) is 0.220. The summed E-state index contributed by atoms with van der Waals surface area (Å²) in [6.45, 7) is 2.46. The summed E-state index contributed by atoms with van der Waals surface area (Å²) in [6, 6.07) is 25.0. The van der Waals surface area contributed by atoms with E-state index in [4.69, 9.17) is 14.2 Å². The van der Waals surface area contributed by atoms with E-state index in [0.717, 1.165) is 16.6 Å². The fourth-order valence-corrected chi connectivity index (χ4v) is 4.44. The van der Waals surface area contributed by atoms with Crippen LogP contribution < -0.4 is 9.47 Å². The van der Waals surface area contributed by atoms with E-state index in [9.17, 15) is 18.0 Å². The predicted octanol–water partition coefficient (Wildman–Crippen LogP) is 7.00. The minimum Gasteiger partial charge on any atom is -0.487 e. The van der Waals surface area contributed by atoms with Crippen LogP contribution >= 0.6 is 0 Å². The van der Waals surface area contributed by atoms with Gasteiger partial charge in [0.15, 0.2) is 6.61 Å². The lowest BCUT2D eigenvalue weighted by Crippen LogP contribution is -2.22. The summed E-state index contributed by atoms with van der Waals surface area (Å²) in [5, 5.41) is 1.06. The number of rotatable bonds is 7. The summed E-state index contributed by atoms with van der Waals surface area (Å²) in [6.07, 6.45) is -4.43. The minimum absolute atomic E-state index is 0.0821. The molecule has 0 amide bonds. The van der Waals surface area contributed by atoms with E-state index < -0.39 is 24.4 Å². The number of esters is 1. The molecule has 8 heteroatoms. The number of carbonyl (C=O) groups excluding carboxylic acids is 1. The van der Waals surface area contributed by atoms with Crippen molar-refractivity contribution < 1.29 is 32.2 Å². The van der Waals surface area contributed by atoms with E-state index in [1.54, 1.807) is 50.2 Å². The van der Waals surface area contributed by atoms with Crippen molar-refractivity contribution in [1.82, 2.24) is 4.98 Å². The highest BCUT2D eigenvalue weighted by molar-refractivity contribution is 6.28. The number of pyridine rings is 1. The zero-order chi connectivity index (χ0) is 26.9. The molecule has 0 atom stereocenters. The van der Waals surface area contributed by atoms with Gasteiger partial charge in [0, 0.05) is 11.0 Å². The van der Waals surface area contributed by atoms with E-state index in [-0.39, 0.29) is 12.4 Å². The fourth-order valence-electron chi connectivity index (χ4n) is 4.44. The van der Waals surface area contributed by atoms with E-state index in [2.05, 4.69) is 4.98 Å². The Hall–Kier alpha value is -4.33. The fraction of sp³-hybridized carbons (Fsp3) is 0.200. The Kier molecular flexibility index (Phi) is 6.57. The maximum Gasteiger partial charge on any atom is 0.422 e. The number of cyclic esters (lactones) is 1. The summed E-state index contributed by atoms with van der Waals surface area (Å²) >= 11 is 0. The number of halogens is 3. The van der Waals surface area contributed by atoms with Crippen molar-refractivity contribution in [2.24, 2.45) is 0 Å². The molecule has 194 valence electrons. The first-order valence-corrected chi connectivity index (χ1v) is 12.0. The van der Waals surface area contributed by atoms with Crippen LogP contribution in [-0.2, 0) is 16.1 Å². The second-order valence-electron chi connectivity index (χ2n) is 9.39. The molecule has 2 heterocycles. The van der Waals surface area contributed by atoms with Crippen molar-refractivity contribution in [3.05, 3.63) is 102 Å². The molecule has 5 nitrogen and oxygen atoms in total. The number of carbonyl (C=O) groups is 1. The molecule has 0 fully saturated rings. The molecular weight excluding hydrogens is 495 g/mol. The van der Waals surface area contributed by atoms with Gasteiger partial charge >= 0.3 is 12.1 Å². The first kappa shape index (κ1) is 25.3. The first-order chi connectivity index (χ1) is 18.1. The number of fused-ring (bicyclic) bond motifs is 1. The molecule has 1 aliphatic rings. The van der Waals surface area contributed by atoms with Gasteiger partial charge in [0.1, 0.15) is 23.7 Å². The maximum atomic E-state index is 12.9. The van der Waals surface area contributed by atoms with Crippen LogP contribution in [0.1, 0.15) is 30.7 Å². The van der Waals surface area contributed by atoms with Crippen LogP contribution in [0, 0.1) is 0 Å². The molecule has 0 spiro atoms. The molecule has 0 saturated heterocycles. The summed E-state index contributed by atoms with van der Waals surface area (Å²) in [7, 11) is 0. The van der Waals surface area contributed by atoms with Crippen molar-refractivity contribution in [3.63, 3.8) is 0 Å². The molecule has 3 aromatic carbocycles. The average Bonchev–Trinajstić information content (AvgIpc) is 3.14.